The summed E-state index contributed by atoms with van der Waals surface area (Å²) in [5.74, 6) is 2.15. The molecule has 2 heterocycles. The number of benzene rings is 3. The fraction of sp³-hybridized carbons (Fsp3) is 0.310. The lowest BCUT2D eigenvalue weighted by Crippen LogP contribution is -2.27. The number of likely N-dealkylation sites (tertiary alicyclic amines) is 1. The summed E-state index contributed by atoms with van der Waals surface area (Å²) in [6.45, 7) is 4.82. The Labute approximate surface area is 211 Å². The minimum Gasteiger partial charge on any atom is -0.494 e. The van der Waals surface area contributed by atoms with Crippen LogP contribution >= 0.6 is 11.6 Å². The number of carbonyl (C=O) groups excluding carboxylic acids is 1. The first-order chi connectivity index (χ1) is 17.1. The summed E-state index contributed by atoms with van der Waals surface area (Å²) < 4.78 is 8.25. The molecule has 1 unspecified atom stereocenters. The fourth-order valence-corrected chi connectivity index (χ4v) is 4.95. The van der Waals surface area contributed by atoms with Crippen molar-refractivity contribution in [2.75, 3.05) is 19.7 Å². The molecule has 0 bridgehead atoms. The molecule has 35 heavy (non-hydrogen) atoms. The molecule has 1 amide bonds. The van der Waals surface area contributed by atoms with Crippen molar-refractivity contribution in [2.45, 2.75) is 38.6 Å². The predicted molar refractivity (Wildman–Crippen MR) is 140 cm³/mol. The molecule has 0 aliphatic carbocycles. The first-order valence-electron chi connectivity index (χ1n) is 12.2. The van der Waals surface area contributed by atoms with E-state index in [9.17, 15) is 4.79 Å². The molecule has 4 aromatic rings. The van der Waals surface area contributed by atoms with Crippen LogP contribution in [-0.2, 0) is 17.8 Å². The van der Waals surface area contributed by atoms with Gasteiger partial charge in [0.15, 0.2) is 0 Å². The zero-order valence-electron chi connectivity index (χ0n) is 20.0. The van der Waals surface area contributed by atoms with Crippen molar-refractivity contribution in [3.05, 3.63) is 94.8 Å². The first kappa shape index (κ1) is 23.4. The maximum atomic E-state index is 12.8. The number of aryl methyl sites for hydroxylation is 2. The monoisotopic (exact) mass is 487 g/mol. The van der Waals surface area contributed by atoms with Crippen LogP contribution in [0.15, 0.2) is 72.8 Å². The second-order valence-electron chi connectivity index (χ2n) is 9.20. The number of nitrogens with zero attached hydrogens (tertiary/aromatic N) is 3. The van der Waals surface area contributed by atoms with Crippen molar-refractivity contribution in [3.63, 3.8) is 0 Å². The van der Waals surface area contributed by atoms with Gasteiger partial charge in [0.05, 0.1) is 17.6 Å². The maximum absolute atomic E-state index is 12.8. The number of carbonyl (C=O) groups is 1. The molecule has 180 valence electrons. The second-order valence-corrected chi connectivity index (χ2v) is 9.61. The van der Waals surface area contributed by atoms with Crippen LogP contribution < -0.4 is 4.74 Å². The minimum absolute atomic E-state index is 0.102. The fourth-order valence-electron chi connectivity index (χ4n) is 4.83. The van der Waals surface area contributed by atoms with Gasteiger partial charge in [-0.15, -0.1) is 0 Å². The highest BCUT2D eigenvalue weighted by atomic mass is 35.5. The molecular formula is C29H30ClN3O2. The molecule has 0 spiro atoms. The number of amides is 1. The van der Waals surface area contributed by atoms with Gasteiger partial charge in [0.25, 0.3) is 0 Å². The number of rotatable bonds is 9. The largest absolute Gasteiger partial charge is 0.494 e. The van der Waals surface area contributed by atoms with Gasteiger partial charge in [-0.1, -0.05) is 54.1 Å². The van der Waals surface area contributed by atoms with Gasteiger partial charge in [-0.05, 0) is 61.2 Å². The molecule has 0 saturated carbocycles. The van der Waals surface area contributed by atoms with E-state index in [1.165, 1.54) is 5.56 Å². The molecule has 1 fully saturated rings. The van der Waals surface area contributed by atoms with E-state index >= 15 is 0 Å². The van der Waals surface area contributed by atoms with Crippen molar-refractivity contribution in [2.24, 2.45) is 0 Å². The average Bonchev–Trinajstić information content (AvgIpc) is 3.43. The zero-order valence-corrected chi connectivity index (χ0v) is 20.7. The Morgan fingerprint density at radius 2 is 1.83 bits per heavy atom. The van der Waals surface area contributed by atoms with Gasteiger partial charge in [-0.3, -0.25) is 4.79 Å². The van der Waals surface area contributed by atoms with Crippen molar-refractivity contribution < 1.29 is 9.53 Å². The van der Waals surface area contributed by atoms with Crippen LogP contribution in [0.1, 0.15) is 35.7 Å². The molecule has 5 nitrogen and oxygen atoms in total. The lowest BCUT2D eigenvalue weighted by Gasteiger charge is -2.17. The summed E-state index contributed by atoms with van der Waals surface area (Å²) in [4.78, 5) is 19.8. The van der Waals surface area contributed by atoms with Crippen LogP contribution in [0, 0.1) is 6.92 Å². The van der Waals surface area contributed by atoms with Crippen LogP contribution in [-0.4, -0.2) is 40.1 Å². The third kappa shape index (κ3) is 5.35. The van der Waals surface area contributed by atoms with Crippen LogP contribution in [0.25, 0.3) is 11.0 Å². The SMILES string of the molecule is Cc1cc(OCCCn2c(C3CC(=O)N(CCc4ccccc4)C3)nc3ccccc32)ccc1Cl. The molecule has 6 heteroatoms. The molecule has 1 aromatic heterocycles. The van der Waals surface area contributed by atoms with Gasteiger partial charge in [0, 0.05) is 37.0 Å². The normalized spacial score (nSPS) is 15.8. The Morgan fingerprint density at radius 3 is 2.66 bits per heavy atom. The lowest BCUT2D eigenvalue weighted by molar-refractivity contribution is -0.127. The Balaban J connectivity index is 1.26. The van der Waals surface area contributed by atoms with Crippen molar-refractivity contribution in [3.8, 4) is 5.75 Å². The smallest absolute Gasteiger partial charge is 0.223 e. The first-order valence-corrected chi connectivity index (χ1v) is 12.6. The number of imidazole rings is 1. The summed E-state index contributed by atoms with van der Waals surface area (Å²) in [6, 6.07) is 24.3. The van der Waals surface area contributed by atoms with Crippen molar-refractivity contribution >= 4 is 28.5 Å². The van der Waals surface area contributed by atoms with E-state index < -0.39 is 0 Å². The third-order valence-electron chi connectivity index (χ3n) is 6.70. The Kier molecular flexibility index (Phi) is 7.05. The standard InChI is InChI=1S/C29H30ClN3O2/c1-21-18-24(12-13-25(21)30)35-17-7-15-33-27-11-6-5-10-26(27)31-29(33)23-19-28(34)32(20-23)16-14-22-8-3-2-4-9-22/h2-6,8-13,18,23H,7,14-17,19-20H2,1H3. The number of hydrogen-bond acceptors (Lipinski definition) is 3. The van der Waals surface area contributed by atoms with Gasteiger partial charge in [0.1, 0.15) is 11.6 Å². The van der Waals surface area contributed by atoms with Gasteiger partial charge >= 0.3 is 0 Å². The average molecular weight is 488 g/mol. The highest BCUT2D eigenvalue weighted by Crippen LogP contribution is 2.31. The molecule has 1 atom stereocenters. The topological polar surface area (TPSA) is 47.4 Å². The van der Waals surface area contributed by atoms with E-state index in [0.29, 0.717) is 13.0 Å². The van der Waals surface area contributed by atoms with Gasteiger partial charge in [0.2, 0.25) is 5.91 Å². The number of para-hydroxylation sites is 2. The summed E-state index contributed by atoms with van der Waals surface area (Å²) in [5.41, 5.74) is 4.36. The summed E-state index contributed by atoms with van der Waals surface area (Å²) >= 11 is 6.12. The number of hydrogen-bond donors (Lipinski definition) is 0. The Bertz CT molecular complexity index is 1320. The quantitative estimate of drug-likeness (QED) is 0.271. The number of ether oxygens (including phenoxy) is 1. The summed E-state index contributed by atoms with van der Waals surface area (Å²) in [6.07, 6.45) is 2.23. The van der Waals surface area contributed by atoms with Gasteiger partial charge in [-0.2, -0.15) is 0 Å². The van der Waals surface area contributed by atoms with Gasteiger partial charge in [-0.25, -0.2) is 4.98 Å². The van der Waals surface area contributed by atoms with Gasteiger partial charge < -0.3 is 14.2 Å². The van der Waals surface area contributed by atoms with E-state index in [1.807, 2.05) is 66.4 Å². The van der Waals surface area contributed by atoms with E-state index in [4.69, 9.17) is 21.3 Å². The molecule has 1 aliphatic heterocycles. The molecule has 1 saturated heterocycles. The van der Waals surface area contributed by atoms with E-state index in [0.717, 1.165) is 65.7 Å². The predicted octanol–water partition coefficient (Wildman–Crippen LogP) is 6.03. The minimum atomic E-state index is 0.102. The molecule has 5 rings (SSSR count). The molecule has 0 N–H and O–H groups in total. The van der Waals surface area contributed by atoms with E-state index in [1.54, 1.807) is 0 Å². The highest BCUT2D eigenvalue weighted by molar-refractivity contribution is 6.31. The second kappa shape index (κ2) is 10.5. The maximum Gasteiger partial charge on any atom is 0.223 e. The highest BCUT2D eigenvalue weighted by Gasteiger charge is 2.33. The third-order valence-corrected chi connectivity index (χ3v) is 7.13. The van der Waals surface area contributed by atoms with Crippen molar-refractivity contribution in [1.29, 1.82) is 0 Å². The molecular weight excluding hydrogens is 458 g/mol. The van der Waals surface area contributed by atoms with E-state index in [-0.39, 0.29) is 11.8 Å². The van der Waals surface area contributed by atoms with Crippen LogP contribution in [0.3, 0.4) is 0 Å². The Hall–Kier alpha value is -3.31. The van der Waals surface area contributed by atoms with Crippen LogP contribution in [0.5, 0.6) is 5.75 Å². The Morgan fingerprint density at radius 1 is 1.03 bits per heavy atom. The summed E-state index contributed by atoms with van der Waals surface area (Å²) in [7, 11) is 0. The molecule has 3 aromatic carbocycles. The number of fused-ring (bicyclic) bond motifs is 1. The molecule has 0 radical (unpaired) electrons. The van der Waals surface area contributed by atoms with Crippen molar-refractivity contribution in [1.82, 2.24) is 14.5 Å². The molecule has 1 aliphatic rings. The lowest BCUT2D eigenvalue weighted by atomic mass is 10.1. The zero-order chi connectivity index (χ0) is 24.2. The number of aromatic nitrogens is 2. The number of halogens is 1. The van der Waals surface area contributed by atoms with Crippen LogP contribution in [0.4, 0.5) is 0 Å². The van der Waals surface area contributed by atoms with E-state index in [2.05, 4.69) is 22.8 Å². The van der Waals surface area contributed by atoms with Crippen LogP contribution in [0.2, 0.25) is 5.02 Å². The summed E-state index contributed by atoms with van der Waals surface area (Å²) in [5, 5.41) is 0.746.